The van der Waals surface area contributed by atoms with E-state index < -0.39 is 0 Å². The molecule has 2 aromatic rings. The Morgan fingerprint density at radius 2 is 1.65 bits per heavy atom. The Bertz CT molecular complexity index is 656. The molecule has 23 heavy (non-hydrogen) atoms. The van der Waals surface area contributed by atoms with Crippen LogP contribution in [0.2, 0.25) is 0 Å². The van der Waals surface area contributed by atoms with E-state index in [2.05, 4.69) is 22.3 Å². The summed E-state index contributed by atoms with van der Waals surface area (Å²) < 4.78 is 0. The molecule has 1 amide bonds. The van der Waals surface area contributed by atoms with E-state index in [0.717, 1.165) is 24.3 Å². The first-order valence-corrected chi connectivity index (χ1v) is 8.45. The van der Waals surface area contributed by atoms with Crippen molar-refractivity contribution in [2.75, 3.05) is 23.3 Å². The topological polar surface area (TPSA) is 32.3 Å². The molecule has 1 saturated heterocycles. The van der Waals surface area contributed by atoms with Crippen LogP contribution in [0.4, 0.5) is 11.4 Å². The Kier molecular flexibility index (Phi) is 4.96. The molecule has 1 fully saturated rings. The summed E-state index contributed by atoms with van der Waals surface area (Å²) in [7, 11) is 0. The molecule has 0 unspecified atom stereocenters. The van der Waals surface area contributed by atoms with Crippen LogP contribution >= 0.6 is 0 Å². The van der Waals surface area contributed by atoms with Gasteiger partial charge >= 0.3 is 0 Å². The average Bonchev–Trinajstić information content (AvgIpc) is 2.85. The monoisotopic (exact) mass is 308 g/mol. The highest BCUT2D eigenvalue weighted by molar-refractivity contribution is 6.04. The summed E-state index contributed by atoms with van der Waals surface area (Å²) in [5.74, 6) is -0.0591. The second-order valence-corrected chi connectivity index (χ2v) is 6.27. The molecular formula is C20H24N2O. The zero-order valence-corrected chi connectivity index (χ0v) is 13.7. The molecule has 1 heterocycles. The van der Waals surface area contributed by atoms with E-state index >= 15 is 0 Å². The quantitative estimate of drug-likeness (QED) is 0.896. The molecule has 3 heteroatoms. The molecule has 3 rings (SSSR count). The van der Waals surface area contributed by atoms with Gasteiger partial charge in [0.05, 0.1) is 0 Å². The molecule has 2 aromatic carbocycles. The van der Waals surface area contributed by atoms with Crippen molar-refractivity contribution < 1.29 is 4.79 Å². The normalized spacial score (nSPS) is 15.1. The smallest absolute Gasteiger partial charge is 0.255 e. The summed E-state index contributed by atoms with van der Waals surface area (Å²) in [6.07, 6.45) is 5.21. The lowest BCUT2D eigenvalue weighted by Crippen LogP contribution is -2.23. The van der Waals surface area contributed by atoms with Gasteiger partial charge in [-0.1, -0.05) is 30.5 Å². The number of nitrogens with one attached hydrogen (secondary N) is 1. The fourth-order valence-electron chi connectivity index (χ4n) is 3.07. The number of aryl methyl sites for hydroxylation is 1. The van der Waals surface area contributed by atoms with Gasteiger partial charge in [-0.05, 0) is 56.2 Å². The number of hydrogen-bond donors (Lipinski definition) is 1. The molecule has 0 radical (unpaired) electrons. The number of amides is 1. The molecule has 1 N–H and O–H groups in total. The van der Waals surface area contributed by atoms with Gasteiger partial charge < -0.3 is 10.2 Å². The zero-order valence-electron chi connectivity index (χ0n) is 13.7. The number of anilines is 2. The molecule has 0 aliphatic carbocycles. The van der Waals surface area contributed by atoms with Gasteiger partial charge in [0.2, 0.25) is 0 Å². The van der Waals surface area contributed by atoms with Gasteiger partial charge in [0.25, 0.3) is 5.91 Å². The fourth-order valence-corrected chi connectivity index (χ4v) is 3.07. The third-order valence-electron chi connectivity index (χ3n) is 4.38. The lowest BCUT2D eigenvalue weighted by Gasteiger charge is -2.22. The van der Waals surface area contributed by atoms with Crippen molar-refractivity contribution in [2.45, 2.75) is 32.6 Å². The predicted molar refractivity (Wildman–Crippen MR) is 96.3 cm³/mol. The van der Waals surface area contributed by atoms with Crippen LogP contribution in [0.1, 0.15) is 41.6 Å². The molecule has 120 valence electrons. The van der Waals surface area contributed by atoms with Crippen LogP contribution in [-0.4, -0.2) is 19.0 Å². The highest BCUT2D eigenvalue weighted by Crippen LogP contribution is 2.22. The van der Waals surface area contributed by atoms with Gasteiger partial charge in [0.1, 0.15) is 0 Å². The summed E-state index contributed by atoms with van der Waals surface area (Å²) in [6.45, 7) is 4.26. The Morgan fingerprint density at radius 3 is 2.30 bits per heavy atom. The van der Waals surface area contributed by atoms with E-state index in [1.165, 1.54) is 31.4 Å². The first kappa shape index (κ1) is 15.6. The SMILES string of the molecule is Cc1cccc(C(=O)Nc2ccc(N3CCCCCC3)cc2)c1. The van der Waals surface area contributed by atoms with Gasteiger partial charge in [-0.15, -0.1) is 0 Å². The number of carbonyl (C=O) groups excluding carboxylic acids is 1. The molecule has 0 aromatic heterocycles. The lowest BCUT2D eigenvalue weighted by molar-refractivity contribution is 0.102. The van der Waals surface area contributed by atoms with Crippen LogP contribution < -0.4 is 10.2 Å². The highest BCUT2D eigenvalue weighted by atomic mass is 16.1. The van der Waals surface area contributed by atoms with Gasteiger partial charge in [-0.3, -0.25) is 4.79 Å². The number of hydrogen-bond acceptors (Lipinski definition) is 2. The van der Waals surface area contributed by atoms with E-state index in [1.54, 1.807) is 0 Å². The summed E-state index contributed by atoms with van der Waals surface area (Å²) in [6, 6.07) is 15.9. The second-order valence-electron chi connectivity index (χ2n) is 6.27. The molecule has 0 bridgehead atoms. The van der Waals surface area contributed by atoms with Gasteiger partial charge in [0.15, 0.2) is 0 Å². The number of carbonyl (C=O) groups is 1. The van der Waals surface area contributed by atoms with E-state index in [4.69, 9.17) is 0 Å². The summed E-state index contributed by atoms with van der Waals surface area (Å²) >= 11 is 0. The second kappa shape index (κ2) is 7.32. The van der Waals surface area contributed by atoms with Crippen LogP contribution in [0.25, 0.3) is 0 Å². The van der Waals surface area contributed by atoms with Gasteiger partial charge in [-0.2, -0.15) is 0 Å². The van der Waals surface area contributed by atoms with Crippen LogP contribution in [0.3, 0.4) is 0 Å². The molecular weight excluding hydrogens is 284 g/mol. The maximum absolute atomic E-state index is 12.3. The summed E-state index contributed by atoms with van der Waals surface area (Å²) in [4.78, 5) is 14.7. The fraction of sp³-hybridized carbons (Fsp3) is 0.350. The largest absolute Gasteiger partial charge is 0.372 e. The highest BCUT2D eigenvalue weighted by Gasteiger charge is 2.10. The first-order valence-electron chi connectivity index (χ1n) is 8.45. The van der Waals surface area contributed by atoms with Crippen molar-refractivity contribution in [3.8, 4) is 0 Å². The third-order valence-corrected chi connectivity index (χ3v) is 4.38. The minimum absolute atomic E-state index is 0.0591. The van der Waals surface area contributed by atoms with Crippen LogP contribution in [0.15, 0.2) is 48.5 Å². The van der Waals surface area contributed by atoms with Crippen LogP contribution in [0, 0.1) is 6.92 Å². The number of nitrogens with zero attached hydrogens (tertiary/aromatic N) is 1. The Labute approximate surface area is 138 Å². The maximum atomic E-state index is 12.3. The minimum Gasteiger partial charge on any atom is -0.372 e. The van der Waals surface area contributed by atoms with Crippen molar-refractivity contribution in [3.05, 3.63) is 59.7 Å². The zero-order chi connectivity index (χ0) is 16.1. The molecule has 1 aliphatic heterocycles. The first-order chi connectivity index (χ1) is 11.2. The standard InChI is InChI=1S/C20H24N2O/c1-16-7-6-8-17(15-16)20(23)21-18-9-11-19(12-10-18)22-13-4-2-3-5-14-22/h6-12,15H,2-5,13-14H2,1H3,(H,21,23). The van der Waals surface area contributed by atoms with Crippen molar-refractivity contribution in [3.63, 3.8) is 0 Å². The Balaban J connectivity index is 1.66. The van der Waals surface area contributed by atoms with Gasteiger partial charge in [0, 0.05) is 30.0 Å². The maximum Gasteiger partial charge on any atom is 0.255 e. The molecule has 0 saturated carbocycles. The van der Waals surface area contributed by atoms with Crippen molar-refractivity contribution in [2.24, 2.45) is 0 Å². The van der Waals surface area contributed by atoms with Crippen molar-refractivity contribution in [1.29, 1.82) is 0 Å². The lowest BCUT2D eigenvalue weighted by atomic mass is 10.1. The summed E-state index contributed by atoms with van der Waals surface area (Å²) in [5.41, 5.74) is 3.88. The van der Waals surface area contributed by atoms with Crippen molar-refractivity contribution in [1.82, 2.24) is 0 Å². The van der Waals surface area contributed by atoms with E-state index in [0.29, 0.717) is 5.56 Å². The van der Waals surface area contributed by atoms with E-state index in [-0.39, 0.29) is 5.91 Å². The van der Waals surface area contributed by atoms with Crippen LogP contribution in [0.5, 0.6) is 0 Å². The third kappa shape index (κ3) is 4.13. The van der Waals surface area contributed by atoms with Crippen LogP contribution in [-0.2, 0) is 0 Å². The molecule has 3 nitrogen and oxygen atoms in total. The molecule has 1 aliphatic rings. The predicted octanol–water partition coefficient (Wildman–Crippen LogP) is 4.63. The average molecular weight is 308 g/mol. The number of benzene rings is 2. The number of rotatable bonds is 3. The van der Waals surface area contributed by atoms with E-state index in [9.17, 15) is 4.79 Å². The van der Waals surface area contributed by atoms with Crippen molar-refractivity contribution >= 4 is 17.3 Å². The van der Waals surface area contributed by atoms with Gasteiger partial charge in [-0.25, -0.2) is 0 Å². The Morgan fingerprint density at radius 1 is 0.957 bits per heavy atom. The summed E-state index contributed by atoms with van der Waals surface area (Å²) in [5, 5.41) is 2.97. The minimum atomic E-state index is -0.0591. The molecule has 0 spiro atoms. The van der Waals surface area contributed by atoms with E-state index in [1.807, 2.05) is 43.3 Å². The Hall–Kier alpha value is -2.29. The molecule has 0 atom stereocenters.